The molecule has 0 aromatic heterocycles. The molecule has 7 heteroatoms. The number of likely N-dealkylation sites (tertiary alicyclic amines) is 1. The van der Waals surface area contributed by atoms with Gasteiger partial charge in [0.2, 0.25) is 5.91 Å². The second kappa shape index (κ2) is 8.27. The van der Waals surface area contributed by atoms with Gasteiger partial charge in [0, 0.05) is 12.6 Å². The first kappa shape index (κ1) is 20.5. The number of hydrogen-bond donors (Lipinski definition) is 2. The lowest BCUT2D eigenvalue weighted by Gasteiger charge is -2.35. The first-order valence-electron chi connectivity index (χ1n) is 9.58. The number of urea groups is 1. The van der Waals surface area contributed by atoms with Crippen molar-refractivity contribution in [3.63, 3.8) is 0 Å². The standard InChI is InChI=1S/C19H33N3O4/c1-12-8-13(2)22(10-12)17(24)16(19(3,4)5)21-18(25)20-9-15(23)26-11-14-6-7-14/h12-14,16H,6-11H2,1-5H3,(H2,20,21,25). The molecule has 1 heterocycles. The summed E-state index contributed by atoms with van der Waals surface area (Å²) in [4.78, 5) is 38.7. The molecule has 7 nitrogen and oxygen atoms in total. The molecule has 3 unspecified atom stereocenters. The minimum Gasteiger partial charge on any atom is -0.464 e. The van der Waals surface area contributed by atoms with Crippen LogP contribution in [0.15, 0.2) is 0 Å². The monoisotopic (exact) mass is 367 g/mol. The summed E-state index contributed by atoms with van der Waals surface area (Å²) in [6, 6.07) is -1.01. The Bertz CT molecular complexity index is 539. The van der Waals surface area contributed by atoms with Crippen molar-refractivity contribution in [3.05, 3.63) is 0 Å². The molecule has 3 amide bonds. The Balaban J connectivity index is 1.87. The third-order valence-corrected chi connectivity index (χ3v) is 5.03. The van der Waals surface area contributed by atoms with Crippen molar-refractivity contribution < 1.29 is 19.1 Å². The molecule has 1 aliphatic heterocycles. The number of carbonyl (C=O) groups excluding carboxylic acids is 3. The van der Waals surface area contributed by atoms with Crippen LogP contribution in [-0.4, -0.2) is 54.6 Å². The molecule has 3 atom stereocenters. The van der Waals surface area contributed by atoms with Crippen LogP contribution < -0.4 is 10.6 Å². The van der Waals surface area contributed by atoms with Gasteiger partial charge in [0.25, 0.3) is 0 Å². The van der Waals surface area contributed by atoms with Gasteiger partial charge in [0.1, 0.15) is 12.6 Å². The SMILES string of the molecule is CC1CC(C)N(C(=O)C(NC(=O)NCC(=O)OCC2CC2)C(C)(C)C)C1. The largest absolute Gasteiger partial charge is 0.464 e. The number of amides is 3. The van der Waals surface area contributed by atoms with Crippen LogP contribution in [0.4, 0.5) is 4.79 Å². The smallest absolute Gasteiger partial charge is 0.325 e. The molecular weight excluding hydrogens is 334 g/mol. The van der Waals surface area contributed by atoms with Gasteiger partial charge in [-0.2, -0.15) is 0 Å². The molecule has 26 heavy (non-hydrogen) atoms. The Labute approximate surface area is 156 Å². The molecule has 0 bridgehead atoms. The zero-order valence-electron chi connectivity index (χ0n) is 16.6. The molecule has 2 aliphatic rings. The molecule has 1 saturated carbocycles. The van der Waals surface area contributed by atoms with Crippen molar-refractivity contribution in [1.82, 2.24) is 15.5 Å². The summed E-state index contributed by atoms with van der Waals surface area (Å²) in [6.45, 7) is 10.9. The lowest BCUT2D eigenvalue weighted by atomic mass is 9.85. The molecule has 2 N–H and O–H groups in total. The average molecular weight is 367 g/mol. The highest BCUT2D eigenvalue weighted by atomic mass is 16.5. The van der Waals surface area contributed by atoms with Crippen LogP contribution in [0.2, 0.25) is 0 Å². The van der Waals surface area contributed by atoms with Gasteiger partial charge < -0.3 is 20.3 Å². The maximum absolute atomic E-state index is 13.0. The van der Waals surface area contributed by atoms with E-state index in [9.17, 15) is 14.4 Å². The van der Waals surface area contributed by atoms with E-state index in [0.29, 0.717) is 25.0 Å². The van der Waals surface area contributed by atoms with Gasteiger partial charge in [-0.3, -0.25) is 9.59 Å². The van der Waals surface area contributed by atoms with E-state index in [2.05, 4.69) is 17.6 Å². The fraction of sp³-hybridized carbons (Fsp3) is 0.842. The first-order chi connectivity index (χ1) is 12.1. The minimum atomic E-state index is -0.655. The van der Waals surface area contributed by atoms with Crippen LogP contribution in [0.3, 0.4) is 0 Å². The van der Waals surface area contributed by atoms with E-state index < -0.39 is 23.5 Å². The first-order valence-corrected chi connectivity index (χ1v) is 9.58. The fourth-order valence-corrected chi connectivity index (χ4v) is 3.30. The third-order valence-electron chi connectivity index (χ3n) is 5.03. The Hall–Kier alpha value is -1.79. The second-order valence-electron chi connectivity index (χ2n) is 8.93. The number of ether oxygens (including phenoxy) is 1. The van der Waals surface area contributed by atoms with Crippen molar-refractivity contribution in [1.29, 1.82) is 0 Å². The minimum absolute atomic E-state index is 0.0687. The molecule has 148 valence electrons. The van der Waals surface area contributed by atoms with Gasteiger partial charge in [-0.15, -0.1) is 0 Å². The highest BCUT2D eigenvalue weighted by Crippen LogP contribution is 2.29. The summed E-state index contributed by atoms with van der Waals surface area (Å²) in [5.74, 6) is 0.429. The van der Waals surface area contributed by atoms with E-state index in [1.807, 2.05) is 32.6 Å². The summed E-state index contributed by atoms with van der Waals surface area (Å²) in [5.41, 5.74) is -0.438. The predicted octanol–water partition coefficient (Wildman–Crippen LogP) is 1.91. The number of carbonyl (C=O) groups is 3. The Morgan fingerprint density at radius 3 is 2.35 bits per heavy atom. The normalized spacial score (nSPS) is 24.1. The average Bonchev–Trinajstić information content (AvgIpc) is 3.30. The van der Waals surface area contributed by atoms with Crippen molar-refractivity contribution in [3.8, 4) is 0 Å². The summed E-state index contributed by atoms with van der Waals surface area (Å²) < 4.78 is 5.09. The zero-order valence-corrected chi connectivity index (χ0v) is 16.6. The quantitative estimate of drug-likeness (QED) is 0.702. The Morgan fingerprint density at radius 1 is 1.19 bits per heavy atom. The van der Waals surface area contributed by atoms with Crippen molar-refractivity contribution in [2.75, 3.05) is 19.7 Å². The number of esters is 1. The molecular formula is C19H33N3O4. The molecule has 0 aromatic rings. The van der Waals surface area contributed by atoms with Crippen molar-refractivity contribution in [2.24, 2.45) is 17.3 Å². The van der Waals surface area contributed by atoms with Crippen LogP contribution in [0.25, 0.3) is 0 Å². The van der Waals surface area contributed by atoms with Gasteiger partial charge in [-0.25, -0.2) is 4.79 Å². The topological polar surface area (TPSA) is 87.7 Å². The number of rotatable bonds is 6. The lowest BCUT2D eigenvalue weighted by Crippen LogP contribution is -2.57. The summed E-state index contributed by atoms with van der Waals surface area (Å²) in [6.07, 6.45) is 3.18. The summed E-state index contributed by atoms with van der Waals surface area (Å²) in [5, 5.41) is 5.25. The van der Waals surface area contributed by atoms with Crippen molar-refractivity contribution in [2.45, 2.75) is 66.0 Å². The molecule has 1 saturated heterocycles. The number of hydrogen-bond acceptors (Lipinski definition) is 4. The molecule has 0 aromatic carbocycles. The fourth-order valence-electron chi connectivity index (χ4n) is 3.30. The molecule has 0 spiro atoms. The van der Waals surface area contributed by atoms with Crippen LogP contribution >= 0.6 is 0 Å². The Morgan fingerprint density at radius 2 is 1.85 bits per heavy atom. The van der Waals surface area contributed by atoms with Crippen LogP contribution in [0.1, 0.15) is 53.9 Å². The maximum atomic E-state index is 13.0. The Kier molecular flexibility index (Phi) is 6.53. The van der Waals surface area contributed by atoms with Crippen LogP contribution in [-0.2, 0) is 14.3 Å². The van der Waals surface area contributed by atoms with E-state index >= 15 is 0 Å². The zero-order chi connectivity index (χ0) is 19.5. The summed E-state index contributed by atoms with van der Waals surface area (Å²) in [7, 11) is 0. The summed E-state index contributed by atoms with van der Waals surface area (Å²) >= 11 is 0. The van der Waals surface area contributed by atoms with Gasteiger partial charge in [-0.1, -0.05) is 27.7 Å². The lowest BCUT2D eigenvalue weighted by molar-refractivity contribution is -0.142. The maximum Gasteiger partial charge on any atom is 0.325 e. The molecule has 0 radical (unpaired) electrons. The second-order valence-corrected chi connectivity index (χ2v) is 8.93. The molecule has 1 aliphatic carbocycles. The van der Waals surface area contributed by atoms with Crippen LogP contribution in [0.5, 0.6) is 0 Å². The highest BCUT2D eigenvalue weighted by molar-refractivity contribution is 5.89. The van der Waals surface area contributed by atoms with Crippen LogP contribution in [0, 0.1) is 17.3 Å². The van der Waals surface area contributed by atoms with Gasteiger partial charge in [-0.05, 0) is 43.4 Å². The predicted molar refractivity (Wildman–Crippen MR) is 98.4 cm³/mol. The van der Waals surface area contributed by atoms with Gasteiger partial charge >= 0.3 is 12.0 Å². The molecule has 2 fully saturated rings. The van der Waals surface area contributed by atoms with Gasteiger partial charge in [0.05, 0.1) is 6.61 Å². The van der Waals surface area contributed by atoms with Crippen molar-refractivity contribution >= 4 is 17.9 Å². The van der Waals surface area contributed by atoms with E-state index in [1.54, 1.807) is 0 Å². The number of nitrogens with one attached hydrogen (secondary N) is 2. The third kappa shape index (κ3) is 5.88. The van der Waals surface area contributed by atoms with E-state index in [0.717, 1.165) is 19.3 Å². The van der Waals surface area contributed by atoms with E-state index in [-0.39, 0.29) is 18.5 Å². The molecule has 2 rings (SSSR count). The number of nitrogens with zero attached hydrogens (tertiary/aromatic N) is 1. The van der Waals surface area contributed by atoms with Gasteiger partial charge in [0.15, 0.2) is 0 Å². The van der Waals surface area contributed by atoms with E-state index in [4.69, 9.17) is 4.74 Å². The van der Waals surface area contributed by atoms with E-state index in [1.165, 1.54) is 0 Å². The highest BCUT2D eigenvalue weighted by Gasteiger charge is 2.40.